The van der Waals surface area contributed by atoms with Gasteiger partial charge >= 0.3 is 11.9 Å². The highest BCUT2D eigenvalue weighted by atomic mass is 16.7. The first-order valence-electron chi connectivity index (χ1n) is 19.8. The summed E-state index contributed by atoms with van der Waals surface area (Å²) in [7, 11) is 2.63. The summed E-state index contributed by atoms with van der Waals surface area (Å²) in [6.45, 7) is 2.87. The van der Waals surface area contributed by atoms with Crippen molar-refractivity contribution >= 4 is 29.4 Å². The molecule has 64 heavy (non-hydrogen) atoms. The molecule has 2 fully saturated rings. The lowest BCUT2D eigenvalue weighted by molar-refractivity contribution is -0.346. The third-order valence-electron chi connectivity index (χ3n) is 11.9. The Labute approximate surface area is 362 Å². The van der Waals surface area contributed by atoms with E-state index in [-0.39, 0.29) is 28.0 Å². The molecule has 2 saturated heterocycles. The summed E-state index contributed by atoms with van der Waals surface area (Å²) in [6, 6.07) is 1.94. The van der Waals surface area contributed by atoms with Gasteiger partial charge in [-0.05, 0) is 56.6 Å². The third-order valence-corrected chi connectivity index (χ3v) is 11.9. The lowest BCUT2D eigenvalue weighted by Crippen LogP contribution is -2.66. The van der Waals surface area contributed by atoms with Crippen molar-refractivity contribution in [3.63, 3.8) is 0 Å². The fourth-order valence-electron chi connectivity index (χ4n) is 8.81. The van der Waals surface area contributed by atoms with Crippen LogP contribution in [0.1, 0.15) is 84.9 Å². The van der Waals surface area contributed by atoms with Crippen LogP contribution in [-0.4, -0.2) is 174 Å². The fourth-order valence-corrected chi connectivity index (χ4v) is 8.81. The summed E-state index contributed by atoms with van der Waals surface area (Å²) >= 11 is 0. The number of nitrogens with zero attached hydrogens (tertiary/aromatic N) is 1. The van der Waals surface area contributed by atoms with Gasteiger partial charge in [0.15, 0.2) is 24.1 Å². The number of aromatic hydroxyl groups is 3. The van der Waals surface area contributed by atoms with Gasteiger partial charge in [0, 0.05) is 28.3 Å². The number of carbonyl (C=O) groups is 5. The first-order valence-corrected chi connectivity index (χ1v) is 19.8. The highest BCUT2D eigenvalue weighted by molar-refractivity contribution is 6.31. The maximum Gasteiger partial charge on any atom is 0.325 e. The van der Waals surface area contributed by atoms with Crippen molar-refractivity contribution in [3.05, 3.63) is 68.8 Å². The summed E-state index contributed by atoms with van der Waals surface area (Å²) in [4.78, 5) is 66.6. The Hall–Kier alpha value is -5.79. The Morgan fingerprint density at radius 2 is 1.48 bits per heavy atom. The van der Waals surface area contributed by atoms with E-state index < -0.39 is 167 Å². The van der Waals surface area contributed by atoms with Crippen LogP contribution in [-0.2, 0) is 28.5 Å². The van der Waals surface area contributed by atoms with E-state index in [2.05, 4.69) is 5.32 Å². The van der Waals surface area contributed by atoms with Crippen LogP contribution in [0, 0.1) is 6.92 Å². The number of likely N-dealkylation sites (N-methyl/N-ethyl adjacent to an activating group) is 1. The normalized spacial score (nSPS) is 29.0. The van der Waals surface area contributed by atoms with Gasteiger partial charge < -0.3 is 80.1 Å². The molecule has 2 heterocycles. The molecule has 2 aliphatic carbocycles. The van der Waals surface area contributed by atoms with Crippen LogP contribution in [0.15, 0.2) is 24.3 Å². The number of hydrogen-bond acceptors (Lipinski definition) is 19. The number of carboxylic acid groups (broad SMARTS) is 2. The number of methoxy groups -OCH3 is 1. The molecule has 0 saturated carbocycles. The number of ether oxygens (including phenoxy) is 5. The minimum atomic E-state index is -1.98. The molecule has 0 radical (unpaired) electrons. The summed E-state index contributed by atoms with van der Waals surface area (Å²) < 4.78 is 29.0. The summed E-state index contributed by atoms with van der Waals surface area (Å²) in [6.07, 6.45) is -17.0. The van der Waals surface area contributed by atoms with Crippen LogP contribution in [0.25, 0.3) is 11.1 Å². The van der Waals surface area contributed by atoms with E-state index in [4.69, 9.17) is 23.7 Å². The highest BCUT2D eigenvalue weighted by Gasteiger charge is 2.52. The van der Waals surface area contributed by atoms with Gasteiger partial charge in [-0.25, -0.2) is 0 Å². The topological polar surface area (TPSA) is 349 Å². The van der Waals surface area contributed by atoms with Gasteiger partial charge in [-0.15, -0.1) is 0 Å². The molecule has 1 amide bonds. The largest absolute Gasteiger partial charge is 0.507 e. The first-order chi connectivity index (χ1) is 30.1. The number of rotatable bonds is 11. The van der Waals surface area contributed by atoms with Crippen LogP contribution in [0.5, 0.6) is 23.0 Å². The number of ketones is 2. The van der Waals surface area contributed by atoms with Crippen molar-refractivity contribution < 1.29 is 98.7 Å². The number of aliphatic carboxylic acids is 2. The van der Waals surface area contributed by atoms with E-state index in [9.17, 15) is 75.0 Å². The zero-order valence-corrected chi connectivity index (χ0v) is 34.7. The molecule has 344 valence electrons. The van der Waals surface area contributed by atoms with Gasteiger partial charge in [-0.3, -0.25) is 28.9 Å². The number of aliphatic hydroxyl groups excluding tert-OH is 5. The average Bonchev–Trinajstić information content (AvgIpc) is 3.22. The zero-order valence-electron chi connectivity index (χ0n) is 34.7. The number of hydrogen-bond donors (Lipinski definition) is 11. The van der Waals surface area contributed by atoms with Crippen LogP contribution in [0.2, 0.25) is 0 Å². The second kappa shape index (κ2) is 17.3. The zero-order chi connectivity index (χ0) is 47.0. The van der Waals surface area contributed by atoms with Crippen molar-refractivity contribution in [1.29, 1.82) is 0 Å². The number of carboxylic acids is 2. The molecule has 0 spiro atoms. The van der Waals surface area contributed by atoms with Crippen molar-refractivity contribution in [3.8, 4) is 34.1 Å². The number of fused-ring (bicyclic) bond motifs is 5. The van der Waals surface area contributed by atoms with Crippen LogP contribution < -0.4 is 10.1 Å². The number of phenolic OH excluding ortho intramolecular Hbond substituents is 3. The molecule has 4 aliphatic rings. The van der Waals surface area contributed by atoms with E-state index in [1.165, 1.54) is 45.0 Å². The quantitative estimate of drug-likeness (QED) is 0.0876. The molecule has 12 atom stereocenters. The first kappa shape index (κ1) is 46.2. The molecular formula is C42H46N2O20. The van der Waals surface area contributed by atoms with Gasteiger partial charge in [-0.2, -0.15) is 0 Å². The lowest BCUT2D eigenvalue weighted by atomic mass is 9.74. The Morgan fingerprint density at radius 1 is 0.844 bits per heavy atom. The van der Waals surface area contributed by atoms with E-state index in [0.29, 0.717) is 0 Å². The van der Waals surface area contributed by atoms with Crippen molar-refractivity contribution in [2.24, 2.45) is 0 Å². The van der Waals surface area contributed by atoms with E-state index >= 15 is 0 Å². The molecule has 0 bridgehead atoms. The van der Waals surface area contributed by atoms with Crippen LogP contribution in [0.3, 0.4) is 0 Å². The van der Waals surface area contributed by atoms with E-state index in [0.717, 1.165) is 19.1 Å². The molecule has 0 unspecified atom stereocenters. The number of aryl methyl sites for hydroxylation is 1. The average molecular weight is 899 g/mol. The fraction of sp³-hybridized carbons (Fsp3) is 0.452. The highest BCUT2D eigenvalue weighted by Crippen LogP contribution is 2.57. The standard InChI is InChI=1S/C42H46N2O20/c1-12-6-19-26(33(53)23(12)39(57)43-13(2)40(58)59)25-17(9-18-27(34(25)54)30(50)16-7-15(60-5)8-20(45)24(16)29(18)49)31(51)37(19)63-42-36(56)38(28(14(3)62-42)44(4)10-22(47)48)64-41-35(55)32(52)21(46)11-61-41/h6-9,13-14,21,28,31-32,35-38,41-42,45-46,51-56H,10-11H2,1-5H3,(H,43,57)(H,47,48)(H,58,59)/t13-,14-,21-,28+,31+,32+,35-,36-,37+,38+,41+,42+/m1/s1. The third kappa shape index (κ3) is 7.70. The number of phenols is 3. The van der Waals surface area contributed by atoms with Crippen LogP contribution >= 0.6 is 0 Å². The molecule has 3 aromatic carbocycles. The predicted molar refractivity (Wildman–Crippen MR) is 212 cm³/mol. The Morgan fingerprint density at radius 3 is 2.12 bits per heavy atom. The number of amides is 1. The van der Waals surface area contributed by atoms with E-state index in [1.807, 2.05) is 0 Å². The summed E-state index contributed by atoms with van der Waals surface area (Å²) in [5.41, 5.74) is -3.84. The predicted octanol–water partition coefficient (Wildman–Crippen LogP) is -0.815. The van der Waals surface area contributed by atoms with E-state index in [1.54, 1.807) is 0 Å². The monoisotopic (exact) mass is 898 g/mol. The molecule has 22 heteroatoms. The molecule has 7 rings (SSSR count). The lowest BCUT2D eigenvalue weighted by Gasteiger charge is -2.49. The maximum atomic E-state index is 14.1. The molecular weight excluding hydrogens is 852 g/mol. The van der Waals surface area contributed by atoms with Crippen molar-refractivity contribution in [1.82, 2.24) is 10.2 Å². The minimum absolute atomic E-state index is 0.00816. The number of aliphatic hydroxyl groups is 5. The van der Waals surface area contributed by atoms with Crippen molar-refractivity contribution in [2.75, 3.05) is 27.3 Å². The summed E-state index contributed by atoms with van der Waals surface area (Å²) in [5.74, 6) is -8.20. The summed E-state index contributed by atoms with van der Waals surface area (Å²) in [5, 5.41) is 112. The Bertz CT molecular complexity index is 2440. The number of benzene rings is 3. The van der Waals surface area contributed by atoms with Gasteiger partial charge in [0.05, 0.1) is 49.1 Å². The molecule has 11 N–H and O–H groups in total. The molecule has 2 aliphatic heterocycles. The Kier molecular flexibility index (Phi) is 12.5. The second-order valence-corrected chi connectivity index (χ2v) is 16.1. The maximum absolute atomic E-state index is 14.1. The second-order valence-electron chi connectivity index (χ2n) is 16.1. The molecule has 0 aromatic heterocycles. The van der Waals surface area contributed by atoms with Crippen LogP contribution in [0.4, 0.5) is 0 Å². The van der Waals surface area contributed by atoms with Gasteiger partial charge in [0.2, 0.25) is 0 Å². The smallest absolute Gasteiger partial charge is 0.325 e. The SMILES string of the molecule is COc1cc(O)c2c(c1)C(=O)c1c(cc3c(c1O)-c1c(cc(C)c(C(=O)N[C@H](C)C(=O)O)c1O)[C@H](O[C@@H]1O[C@H](C)[C@H](N(C)CC(=O)O)[C@H](O[C@@H]4OC[C@@H](O)[C@H](O)[C@H]4O)[C@H]1O)[C@H]3O)C2=O. The molecule has 22 nitrogen and oxygen atoms in total. The number of nitrogens with one attached hydrogen (secondary N) is 1. The van der Waals surface area contributed by atoms with Crippen molar-refractivity contribution in [2.45, 2.75) is 94.3 Å². The number of carbonyl (C=O) groups excluding carboxylic acids is 3. The van der Waals surface area contributed by atoms with Gasteiger partial charge in [0.1, 0.15) is 71.8 Å². The van der Waals surface area contributed by atoms with Gasteiger partial charge in [0.25, 0.3) is 5.91 Å². The minimum Gasteiger partial charge on any atom is -0.507 e. The van der Waals surface area contributed by atoms with Gasteiger partial charge in [-0.1, -0.05) is 6.07 Å². The Balaban J connectivity index is 1.37. The molecule has 3 aromatic rings.